The van der Waals surface area contributed by atoms with Gasteiger partial charge in [-0.25, -0.2) is 4.79 Å². The molecule has 0 saturated carbocycles. The molecule has 0 bridgehead atoms. The summed E-state index contributed by atoms with van der Waals surface area (Å²) in [6.07, 6.45) is 2.61. The molecule has 0 amide bonds. The highest BCUT2D eigenvalue weighted by Crippen LogP contribution is 2.16. The summed E-state index contributed by atoms with van der Waals surface area (Å²) in [5, 5.41) is 12.1. The zero-order chi connectivity index (χ0) is 12.0. The molecule has 0 heterocycles. The average molecular weight is 239 g/mol. The highest BCUT2D eigenvalue weighted by atomic mass is 32.2. The number of hydrogen-bond donors (Lipinski definition) is 2. The number of carboxylic acid groups (broad SMARTS) is 1. The minimum atomic E-state index is -0.794. The minimum Gasteiger partial charge on any atom is -0.480 e. The number of aryl methyl sites for hydroxylation is 1. The predicted molar refractivity (Wildman–Crippen MR) is 69.2 cm³/mol. The zero-order valence-electron chi connectivity index (χ0n) is 9.56. The highest BCUT2D eigenvalue weighted by Gasteiger charge is 2.16. The van der Waals surface area contributed by atoms with Crippen molar-refractivity contribution in [3.63, 3.8) is 0 Å². The van der Waals surface area contributed by atoms with Gasteiger partial charge in [0.15, 0.2) is 0 Å². The van der Waals surface area contributed by atoms with Gasteiger partial charge in [-0.3, -0.25) is 0 Å². The molecule has 1 atom stereocenters. The van der Waals surface area contributed by atoms with Gasteiger partial charge in [-0.15, -0.1) is 0 Å². The largest absolute Gasteiger partial charge is 0.480 e. The van der Waals surface area contributed by atoms with Gasteiger partial charge in [-0.05, 0) is 37.0 Å². The van der Waals surface area contributed by atoms with E-state index in [4.69, 9.17) is 5.11 Å². The van der Waals surface area contributed by atoms with Crippen molar-refractivity contribution in [1.29, 1.82) is 0 Å². The van der Waals surface area contributed by atoms with Crippen LogP contribution >= 0.6 is 11.8 Å². The number of aliphatic carboxylic acids is 1. The lowest BCUT2D eigenvalue weighted by Gasteiger charge is -2.16. The van der Waals surface area contributed by atoms with Gasteiger partial charge >= 0.3 is 5.97 Å². The van der Waals surface area contributed by atoms with Gasteiger partial charge < -0.3 is 10.4 Å². The lowest BCUT2D eigenvalue weighted by Crippen LogP contribution is -2.30. The summed E-state index contributed by atoms with van der Waals surface area (Å²) in [4.78, 5) is 11.0. The fraction of sp³-hybridized carbons (Fsp3) is 0.417. The van der Waals surface area contributed by atoms with Crippen molar-refractivity contribution in [2.24, 2.45) is 0 Å². The summed E-state index contributed by atoms with van der Waals surface area (Å²) in [6, 6.07) is 7.22. The first-order valence-corrected chi connectivity index (χ1v) is 6.58. The first-order valence-electron chi connectivity index (χ1n) is 5.19. The Morgan fingerprint density at radius 2 is 2.19 bits per heavy atom. The molecule has 4 heteroatoms. The van der Waals surface area contributed by atoms with E-state index in [1.165, 1.54) is 0 Å². The van der Waals surface area contributed by atoms with Crippen molar-refractivity contribution < 1.29 is 9.90 Å². The molecule has 0 aliphatic heterocycles. The van der Waals surface area contributed by atoms with E-state index in [0.717, 1.165) is 17.0 Å². The fourth-order valence-electron chi connectivity index (χ4n) is 1.42. The summed E-state index contributed by atoms with van der Waals surface area (Å²) in [5.41, 5.74) is 1.97. The number of hydrogen-bond acceptors (Lipinski definition) is 3. The standard InChI is InChI=1S/C12H17NO2S/c1-9-5-3-4-6-10(9)13-11(12(14)15)7-8-16-2/h3-6,11,13H,7-8H2,1-2H3,(H,14,15)/t11-/m0/s1. The summed E-state index contributed by atoms with van der Waals surface area (Å²) in [6.45, 7) is 1.97. The Hall–Kier alpha value is -1.16. The Morgan fingerprint density at radius 3 is 2.75 bits per heavy atom. The third-order valence-electron chi connectivity index (χ3n) is 2.38. The van der Waals surface area contributed by atoms with Crippen molar-refractivity contribution >= 4 is 23.4 Å². The molecule has 0 radical (unpaired) electrons. The molecule has 1 aromatic rings. The van der Waals surface area contributed by atoms with Gasteiger partial charge in [0.2, 0.25) is 0 Å². The number of carbonyl (C=O) groups is 1. The molecule has 1 aromatic carbocycles. The van der Waals surface area contributed by atoms with Crippen LogP contribution in [-0.2, 0) is 4.79 Å². The van der Waals surface area contributed by atoms with Gasteiger partial charge in [0.1, 0.15) is 6.04 Å². The average Bonchev–Trinajstić information content (AvgIpc) is 2.26. The molecule has 88 valence electrons. The predicted octanol–water partition coefficient (Wildman–Crippen LogP) is 2.61. The van der Waals surface area contributed by atoms with Crippen molar-refractivity contribution in [1.82, 2.24) is 0 Å². The molecule has 16 heavy (non-hydrogen) atoms. The van der Waals surface area contributed by atoms with Gasteiger partial charge in [-0.1, -0.05) is 18.2 Å². The normalized spacial score (nSPS) is 12.1. The molecular formula is C12H17NO2S. The Labute approximate surface area is 100 Å². The number of rotatable bonds is 6. The molecule has 1 rings (SSSR count). The second-order valence-electron chi connectivity index (χ2n) is 3.63. The van der Waals surface area contributed by atoms with Crippen LogP contribution in [0.3, 0.4) is 0 Å². The van der Waals surface area contributed by atoms with Crippen LogP contribution in [0.2, 0.25) is 0 Å². The van der Waals surface area contributed by atoms with E-state index >= 15 is 0 Å². The maximum Gasteiger partial charge on any atom is 0.326 e. The molecule has 0 aliphatic rings. The van der Waals surface area contributed by atoms with Crippen molar-refractivity contribution in [3.05, 3.63) is 29.8 Å². The van der Waals surface area contributed by atoms with E-state index in [-0.39, 0.29) is 0 Å². The van der Waals surface area contributed by atoms with Gasteiger partial charge in [0.05, 0.1) is 0 Å². The van der Waals surface area contributed by atoms with Crippen LogP contribution in [0.25, 0.3) is 0 Å². The summed E-state index contributed by atoms with van der Waals surface area (Å²) >= 11 is 1.66. The molecule has 0 unspecified atom stereocenters. The fourth-order valence-corrected chi connectivity index (χ4v) is 1.89. The third-order valence-corrected chi connectivity index (χ3v) is 3.03. The monoisotopic (exact) mass is 239 g/mol. The molecule has 0 aromatic heterocycles. The maximum absolute atomic E-state index is 11.0. The van der Waals surface area contributed by atoms with Crippen LogP contribution in [0, 0.1) is 6.92 Å². The van der Waals surface area contributed by atoms with Crippen LogP contribution in [0.4, 0.5) is 5.69 Å². The van der Waals surface area contributed by atoms with E-state index < -0.39 is 12.0 Å². The first kappa shape index (κ1) is 12.9. The smallest absolute Gasteiger partial charge is 0.326 e. The van der Waals surface area contributed by atoms with Crippen LogP contribution in [0.5, 0.6) is 0 Å². The van der Waals surface area contributed by atoms with Crippen molar-refractivity contribution in [2.45, 2.75) is 19.4 Å². The maximum atomic E-state index is 11.0. The Bertz CT molecular complexity index is 355. The minimum absolute atomic E-state index is 0.506. The highest BCUT2D eigenvalue weighted by molar-refractivity contribution is 7.98. The van der Waals surface area contributed by atoms with Gasteiger partial charge in [-0.2, -0.15) is 11.8 Å². The summed E-state index contributed by atoms with van der Waals surface area (Å²) in [5.74, 6) is 0.0489. The van der Waals surface area contributed by atoms with Gasteiger partial charge in [0, 0.05) is 5.69 Å². The SMILES string of the molecule is CSCC[C@H](Nc1ccccc1C)C(=O)O. The lowest BCUT2D eigenvalue weighted by molar-refractivity contribution is -0.137. The van der Waals surface area contributed by atoms with E-state index in [1.54, 1.807) is 11.8 Å². The number of nitrogens with one attached hydrogen (secondary N) is 1. The van der Waals surface area contributed by atoms with E-state index in [0.29, 0.717) is 6.42 Å². The van der Waals surface area contributed by atoms with E-state index in [2.05, 4.69) is 5.32 Å². The molecular weight excluding hydrogens is 222 g/mol. The first-order chi connectivity index (χ1) is 7.65. The molecule has 3 nitrogen and oxygen atoms in total. The second kappa shape index (κ2) is 6.43. The Morgan fingerprint density at radius 1 is 1.50 bits per heavy atom. The quantitative estimate of drug-likeness (QED) is 0.801. The zero-order valence-corrected chi connectivity index (χ0v) is 10.4. The number of para-hydroxylation sites is 1. The molecule has 0 aliphatic carbocycles. The second-order valence-corrected chi connectivity index (χ2v) is 4.62. The molecule has 2 N–H and O–H groups in total. The molecule has 0 saturated heterocycles. The Balaban J connectivity index is 2.68. The third kappa shape index (κ3) is 3.77. The van der Waals surface area contributed by atoms with E-state index in [1.807, 2.05) is 37.4 Å². The lowest BCUT2D eigenvalue weighted by atomic mass is 10.1. The van der Waals surface area contributed by atoms with Crippen molar-refractivity contribution in [2.75, 3.05) is 17.3 Å². The van der Waals surface area contributed by atoms with Crippen LogP contribution < -0.4 is 5.32 Å². The summed E-state index contributed by atoms with van der Waals surface area (Å²) < 4.78 is 0. The number of anilines is 1. The number of carboxylic acids is 1. The van der Waals surface area contributed by atoms with Crippen LogP contribution in [0.1, 0.15) is 12.0 Å². The topological polar surface area (TPSA) is 49.3 Å². The molecule has 0 spiro atoms. The molecule has 0 fully saturated rings. The number of benzene rings is 1. The van der Waals surface area contributed by atoms with Crippen LogP contribution in [0.15, 0.2) is 24.3 Å². The Kier molecular flexibility index (Phi) is 5.19. The van der Waals surface area contributed by atoms with Gasteiger partial charge in [0.25, 0.3) is 0 Å². The number of thioether (sulfide) groups is 1. The van der Waals surface area contributed by atoms with Crippen molar-refractivity contribution in [3.8, 4) is 0 Å². The van der Waals surface area contributed by atoms with E-state index in [9.17, 15) is 4.79 Å². The van der Waals surface area contributed by atoms with Crippen LogP contribution in [-0.4, -0.2) is 29.1 Å². The summed E-state index contributed by atoms with van der Waals surface area (Å²) in [7, 11) is 0.